The molecule has 0 radical (unpaired) electrons. The zero-order valence-electron chi connectivity index (χ0n) is 14.5. The van der Waals surface area contributed by atoms with E-state index in [0.29, 0.717) is 38.3 Å². The number of carbonyl (C=O) groups excluding carboxylic acids is 1. The zero-order chi connectivity index (χ0) is 16.5. The second-order valence-corrected chi connectivity index (χ2v) is 6.15. The fourth-order valence-corrected chi connectivity index (χ4v) is 3.04. The maximum atomic E-state index is 11.6. The van der Waals surface area contributed by atoms with E-state index in [-0.39, 0.29) is 36.1 Å². The molecular weight excluding hydrogens is 423 g/mol. The first-order valence-corrected chi connectivity index (χ1v) is 8.78. The molecule has 3 N–H and O–H groups in total. The maximum Gasteiger partial charge on any atom is 0.409 e. The monoisotopic (exact) mass is 454 g/mol. The Bertz CT molecular complexity index is 395. The first-order chi connectivity index (χ1) is 11.2. The summed E-state index contributed by atoms with van der Waals surface area (Å²) in [4.78, 5) is 17.8. The number of piperidine rings is 1. The molecule has 7 nitrogen and oxygen atoms in total. The Hall–Kier alpha value is -0.770. The van der Waals surface area contributed by atoms with Gasteiger partial charge in [0, 0.05) is 32.3 Å². The number of nitrogens with one attached hydrogen (secondary N) is 1. The molecule has 8 heteroatoms. The number of nitrogens with zero attached hydrogens (tertiary/aromatic N) is 2. The molecule has 1 amide bonds. The molecule has 0 saturated carbocycles. The molecule has 1 unspecified atom stereocenters. The number of likely N-dealkylation sites (tertiary alicyclic amines) is 1. The molecular formula is C16H31IN4O3. The topological polar surface area (TPSA) is 89.2 Å². The molecule has 0 aromatic rings. The number of hydrogen-bond donors (Lipinski definition) is 2. The molecule has 2 aliphatic heterocycles. The largest absolute Gasteiger partial charge is 0.450 e. The Kier molecular flexibility index (Phi) is 10.4. The Balaban J connectivity index is 0.00000288. The predicted octanol–water partition coefficient (Wildman–Crippen LogP) is 2.09. The van der Waals surface area contributed by atoms with Crippen LogP contribution in [0.5, 0.6) is 0 Å². The minimum atomic E-state index is -0.222. The third kappa shape index (κ3) is 7.42. The molecule has 2 fully saturated rings. The number of hydrogen-bond acceptors (Lipinski definition) is 4. The van der Waals surface area contributed by atoms with Gasteiger partial charge < -0.3 is 25.4 Å². The van der Waals surface area contributed by atoms with Gasteiger partial charge in [0.2, 0.25) is 0 Å². The van der Waals surface area contributed by atoms with Crippen LogP contribution in [0.1, 0.15) is 45.4 Å². The lowest BCUT2D eigenvalue weighted by Crippen LogP contribution is -2.48. The molecule has 0 spiro atoms. The van der Waals surface area contributed by atoms with Gasteiger partial charge >= 0.3 is 6.09 Å². The quantitative estimate of drug-likeness (QED) is 0.377. The van der Waals surface area contributed by atoms with Crippen LogP contribution in [0.25, 0.3) is 0 Å². The second kappa shape index (κ2) is 11.7. The zero-order valence-corrected chi connectivity index (χ0v) is 16.9. The summed E-state index contributed by atoms with van der Waals surface area (Å²) in [5, 5.41) is 3.26. The van der Waals surface area contributed by atoms with E-state index in [0.717, 1.165) is 32.3 Å². The van der Waals surface area contributed by atoms with Gasteiger partial charge in [0.25, 0.3) is 0 Å². The normalized spacial score (nSPS) is 22.6. The van der Waals surface area contributed by atoms with Crippen LogP contribution < -0.4 is 11.1 Å². The van der Waals surface area contributed by atoms with Crippen LogP contribution in [-0.2, 0) is 9.47 Å². The van der Waals surface area contributed by atoms with E-state index in [1.54, 1.807) is 4.90 Å². The number of guanidine groups is 1. The third-order valence-electron chi connectivity index (χ3n) is 4.38. The van der Waals surface area contributed by atoms with Gasteiger partial charge in [-0.1, -0.05) is 0 Å². The van der Waals surface area contributed by atoms with Gasteiger partial charge in [0.15, 0.2) is 5.96 Å². The molecule has 0 bridgehead atoms. The number of nitrogens with two attached hydrogens (primary N) is 1. The minimum absolute atomic E-state index is 0. The number of carbonyl (C=O) groups is 1. The summed E-state index contributed by atoms with van der Waals surface area (Å²) in [5.41, 5.74) is 5.96. The highest BCUT2D eigenvalue weighted by atomic mass is 127. The van der Waals surface area contributed by atoms with Crippen molar-refractivity contribution in [3.63, 3.8) is 0 Å². The summed E-state index contributed by atoms with van der Waals surface area (Å²) >= 11 is 0. The summed E-state index contributed by atoms with van der Waals surface area (Å²) in [6.45, 7) is 5.20. The van der Waals surface area contributed by atoms with Crippen LogP contribution in [0, 0.1) is 0 Å². The smallest absolute Gasteiger partial charge is 0.409 e. The van der Waals surface area contributed by atoms with Crippen molar-refractivity contribution in [2.24, 2.45) is 10.7 Å². The molecule has 24 heavy (non-hydrogen) atoms. The van der Waals surface area contributed by atoms with Crippen molar-refractivity contribution in [2.75, 3.05) is 32.8 Å². The van der Waals surface area contributed by atoms with Crippen LogP contribution in [0.3, 0.4) is 0 Å². The highest BCUT2D eigenvalue weighted by Crippen LogP contribution is 2.15. The summed E-state index contributed by atoms with van der Waals surface area (Å²) in [7, 11) is 0. The first kappa shape index (κ1) is 21.3. The fraction of sp³-hybridized carbons (Fsp3) is 0.875. The highest BCUT2D eigenvalue weighted by molar-refractivity contribution is 14.0. The van der Waals surface area contributed by atoms with Crippen LogP contribution in [-0.4, -0.2) is 61.9 Å². The van der Waals surface area contributed by atoms with Crippen LogP contribution >= 0.6 is 24.0 Å². The number of halogens is 1. The van der Waals surface area contributed by atoms with Gasteiger partial charge in [-0.2, -0.15) is 0 Å². The first-order valence-electron chi connectivity index (χ1n) is 8.78. The van der Waals surface area contributed by atoms with Crippen LogP contribution in [0.4, 0.5) is 4.79 Å². The van der Waals surface area contributed by atoms with Crippen molar-refractivity contribution in [3.05, 3.63) is 0 Å². The molecule has 2 aliphatic rings. The Labute approximate surface area is 161 Å². The minimum Gasteiger partial charge on any atom is -0.450 e. The SMILES string of the molecule is CCOC(=O)N1CCC(NC(N)=NCCC2CCCCO2)CC1.I. The fourth-order valence-electron chi connectivity index (χ4n) is 3.04. The Morgan fingerprint density at radius 3 is 2.71 bits per heavy atom. The summed E-state index contributed by atoms with van der Waals surface area (Å²) < 4.78 is 10.7. The van der Waals surface area contributed by atoms with Crippen LogP contribution in [0.2, 0.25) is 0 Å². The van der Waals surface area contributed by atoms with Gasteiger partial charge in [0.1, 0.15) is 0 Å². The van der Waals surface area contributed by atoms with Crippen molar-refractivity contribution in [2.45, 2.75) is 57.6 Å². The van der Waals surface area contributed by atoms with Crippen molar-refractivity contribution < 1.29 is 14.3 Å². The number of rotatable bonds is 5. The van der Waals surface area contributed by atoms with E-state index in [2.05, 4.69) is 10.3 Å². The molecule has 0 aliphatic carbocycles. The Morgan fingerprint density at radius 1 is 1.33 bits per heavy atom. The number of ether oxygens (including phenoxy) is 2. The van der Waals surface area contributed by atoms with Gasteiger partial charge in [-0.15, -0.1) is 24.0 Å². The lowest BCUT2D eigenvalue weighted by molar-refractivity contribution is 0.0129. The third-order valence-corrected chi connectivity index (χ3v) is 4.38. The van der Waals surface area contributed by atoms with Gasteiger partial charge in [-0.3, -0.25) is 4.99 Å². The second-order valence-electron chi connectivity index (χ2n) is 6.15. The molecule has 2 rings (SSSR count). The molecule has 140 valence electrons. The lowest BCUT2D eigenvalue weighted by atomic mass is 10.1. The maximum absolute atomic E-state index is 11.6. The number of aliphatic imine (C=N–C) groups is 1. The van der Waals surface area contributed by atoms with Gasteiger partial charge in [-0.05, 0) is 45.4 Å². The summed E-state index contributed by atoms with van der Waals surface area (Å²) in [5.74, 6) is 0.496. The standard InChI is InChI=1S/C16H30N4O3.HI/c1-2-22-16(21)20-10-7-13(8-11-20)19-15(17)18-9-6-14-5-3-4-12-23-14;/h13-14H,2-12H2,1H3,(H3,17,18,19);1H. The average Bonchev–Trinajstić information content (AvgIpc) is 2.57. The number of amides is 1. The van der Waals surface area contributed by atoms with Crippen molar-refractivity contribution in [1.29, 1.82) is 0 Å². The molecule has 1 atom stereocenters. The van der Waals surface area contributed by atoms with Crippen LogP contribution in [0.15, 0.2) is 4.99 Å². The Morgan fingerprint density at radius 2 is 2.08 bits per heavy atom. The molecule has 0 aromatic carbocycles. The molecule has 2 heterocycles. The van der Waals surface area contributed by atoms with Crippen molar-refractivity contribution in [1.82, 2.24) is 10.2 Å². The summed E-state index contributed by atoms with van der Waals surface area (Å²) in [6.07, 6.45) is 6.34. The van der Waals surface area contributed by atoms with E-state index in [9.17, 15) is 4.79 Å². The summed E-state index contributed by atoms with van der Waals surface area (Å²) in [6, 6.07) is 0.273. The molecule has 0 aromatic heterocycles. The predicted molar refractivity (Wildman–Crippen MR) is 105 cm³/mol. The van der Waals surface area contributed by atoms with E-state index in [1.165, 1.54) is 12.8 Å². The van der Waals surface area contributed by atoms with E-state index in [1.807, 2.05) is 6.92 Å². The highest BCUT2D eigenvalue weighted by Gasteiger charge is 2.23. The molecule has 2 saturated heterocycles. The van der Waals surface area contributed by atoms with Crippen molar-refractivity contribution in [3.8, 4) is 0 Å². The van der Waals surface area contributed by atoms with E-state index >= 15 is 0 Å². The average molecular weight is 454 g/mol. The lowest BCUT2D eigenvalue weighted by Gasteiger charge is -2.31. The van der Waals surface area contributed by atoms with E-state index in [4.69, 9.17) is 15.2 Å². The van der Waals surface area contributed by atoms with Gasteiger partial charge in [0.05, 0.1) is 12.7 Å². The van der Waals surface area contributed by atoms with E-state index < -0.39 is 0 Å². The van der Waals surface area contributed by atoms with Crippen molar-refractivity contribution >= 4 is 36.0 Å². The van der Waals surface area contributed by atoms with Gasteiger partial charge in [-0.25, -0.2) is 4.79 Å².